The van der Waals surface area contributed by atoms with Gasteiger partial charge < -0.3 is 0 Å². The van der Waals surface area contributed by atoms with Crippen LogP contribution in [0.1, 0.15) is 45.7 Å². The van der Waals surface area contributed by atoms with Crippen molar-refractivity contribution in [1.82, 2.24) is 4.98 Å². The number of fused-ring (bicyclic) bond motifs is 3. The molecule has 0 radical (unpaired) electrons. The van der Waals surface area contributed by atoms with Gasteiger partial charge in [-0.15, -0.1) is 22.7 Å². The van der Waals surface area contributed by atoms with E-state index in [9.17, 15) is 0 Å². The van der Waals surface area contributed by atoms with Gasteiger partial charge in [-0.2, -0.15) is 0 Å². The molecule has 0 aliphatic rings. The second-order valence-corrected chi connectivity index (χ2v) is 13.2. The van der Waals surface area contributed by atoms with Gasteiger partial charge in [0.05, 0.1) is 5.69 Å². The zero-order valence-electron chi connectivity index (χ0n) is 21.6. The zero-order valence-corrected chi connectivity index (χ0v) is 23.2. The maximum atomic E-state index is 4.91. The van der Waals surface area contributed by atoms with E-state index in [1.807, 2.05) is 28.9 Å². The lowest BCUT2D eigenvalue weighted by atomic mass is 9.82. The Labute approximate surface area is 221 Å². The first-order chi connectivity index (χ1) is 17.3. The first kappa shape index (κ1) is 23.4. The Hall–Kier alpha value is -3.01. The lowest BCUT2D eigenvalue weighted by Gasteiger charge is -2.22. The Bertz CT molecular complexity index is 1730. The Morgan fingerprint density at radius 1 is 0.833 bits per heavy atom. The van der Waals surface area contributed by atoms with Crippen LogP contribution in [0, 0.1) is 5.92 Å². The molecular formula is C33H31NS2. The number of hydrogen-bond donors (Lipinski definition) is 0. The fourth-order valence-corrected chi connectivity index (χ4v) is 7.44. The van der Waals surface area contributed by atoms with Gasteiger partial charge in [-0.05, 0) is 70.0 Å². The van der Waals surface area contributed by atoms with Crippen molar-refractivity contribution in [2.75, 3.05) is 0 Å². The molecule has 0 saturated heterocycles. The number of aromatic nitrogens is 1. The summed E-state index contributed by atoms with van der Waals surface area (Å²) in [6.45, 7) is 11.5. The van der Waals surface area contributed by atoms with E-state index in [1.54, 1.807) is 0 Å². The summed E-state index contributed by atoms with van der Waals surface area (Å²) in [6.07, 6.45) is 3.09. The summed E-state index contributed by atoms with van der Waals surface area (Å²) in [7, 11) is 0. The van der Waals surface area contributed by atoms with Crippen LogP contribution in [0.25, 0.3) is 52.6 Å². The van der Waals surface area contributed by atoms with Crippen LogP contribution in [-0.4, -0.2) is 4.98 Å². The third-order valence-corrected chi connectivity index (χ3v) is 9.02. The maximum absolute atomic E-state index is 4.91. The first-order valence-corrected chi connectivity index (χ1v) is 14.4. The summed E-state index contributed by atoms with van der Waals surface area (Å²) in [6, 6.07) is 24.9. The van der Waals surface area contributed by atoms with Crippen LogP contribution in [0.3, 0.4) is 0 Å². The van der Waals surface area contributed by atoms with Crippen molar-refractivity contribution in [3.63, 3.8) is 0 Å². The molecule has 0 aliphatic heterocycles. The summed E-state index contributed by atoms with van der Waals surface area (Å²) in [5.41, 5.74) is 6.46. The molecule has 36 heavy (non-hydrogen) atoms. The highest BCUT2D eigenvalue weighted by atomic mass is 32.1. The van der Waals surface area contributed by atoms with Crippen molar-refractivity contribution in [3.05, 3.63) is 89.4 Å². The lowest BCUT2D eigenvalue weighted by Crippen LogP contribution is -2.12. The highest BCUT2D eigenvalue weighted by molar-refractivity contribution is 7.23. The standard InChI is InChI=1S/C33H31NS2/c1-20(2)14-21-10-11-25-27(19-35-30(25)15-21)31-18-26-29(36-31)12-13-34-32(26)23-16-22-8-6-7-9-24(22)28(17-23)33(3,4)5/h6-13,15-20H,14H2,1-5H3. The van der Waals surface area contributed by atoms with E-state index in [1.165, 1.54) is 58.1 Å². The molecule has 6 aromatic rings. The van der Waals surface area contributed by atoms with Gasteiger partial charge in [-0.1, -0.05) is 71.0 Å². The molecule has 3 aromatic heterocycles. The van der Waals surface area contributed by atoms with Crippen LogP contribution in [0.15, 0.2) is 78.3 Å². The molecule has 0 spiro atoms. The van der Waals surface area contributed by atoms with Crippen LogP contribution in [-0.2, 0) is 11.8 Å². The molecule has 0 fully saturated rings. The summed E-state index contributed by atoms with van der Waals surface area (Å²) >= 11 is 3.73. The molecule has 0 saturated carbocycles. The van der Waals surface area contributed by atoms with Crippen LogP contribution >= 0.6 is 22.7 Å². The molecule has 0 atom stereocenters. The Balaban J connectivity index is 1.50. The molecule has 0 amide bonds. The van der Waals surface area contributed by atoms with Gasteiger partial charge in [0.15, 0.2) is 0 Å². The number of nitrogens with zero attached hydrogens (tertiary/aromatic N) is 1. The number of pyridine rings is 1. The zero-order chi connectivity index (χ0) is 25.0. The Morgan fingerprint density at radius 3 is 2.47 bits per heavy atom. The van der Waals surface area contributed by atoms with Crippen molar-refractivity contribution < 1.29 is 0 Å². The van der Waals surface area contributed by atoms with E-state index in [2.05, 4.69) is 107 Å². The first-order valence-electron chi connectivity index (χ1n) is 12.7. The van der Waals surface area contributed by atoms with Crippen LogP contribution < -0.4 is 0 Å². The van der Waals surface area contributed by atoms with E-state index in [0.717, 1.165) is 12.1 Å². The quantitative estimate of drug-likeness (QED) is 0.232. The molecule has 180 valence electrons. The summed E-state index contributed by atoms with van der Waals surface area (Å²) in [5.74, 6) is 0.671. The second kappa shape index (κ2) is 8.83. The summed E-state index contributed by atoms with van der Waals surface area (Å²) in [4.78, 5) is 6.23. The van der Waals surface area contributed by atoms with Gasteiger partial charge in [0, 0.05) is 47.8 Å². The van der Waals surface area contributed by atoms with Crippen molar-refractivity contribution in [1.29, 1.82) is 0 Å². The fraction of sp³-hybridized carbons (Fsp3) is 0.242. The van der Waals surface area contributed by atoms with Gasteiger partial charge in [0.2, 0.25) is 0 Å². The Kier molecular flexibility index (Phi) is 5.74. The predicted octanol–water partition coefficient (Wildman–Crippen LogP) is 10.5. The molecule has 0 unspecified atom stereocenters. The van der Waals surface area contributed by atoms with Crippen LogP contribution in [0.2, 0.25) is 0 Å². The highest BCUT2D eigenvalue weighted by Gasteiger charge is 2.20. The molecule has 0 N–H and O–H groups in total. The third-order valence-electron chi connectivity index (χ3n) is 6.94. The minimum absolute atomic E-state index is 0.0489. The molecule has 6 rings (SSSR count). The normalized spacial score (nSPS) is 12.4. The van der Waals surface area contributed by atoms with Crippen molar-refractivity contribution in [2.24, 2.45) is 5.92 Å². The second-order valence-electron chi connectivity index (χ2n) is 11.3. The van der Waals surface area contributed by atoms with E-state index in [0.29, 0.717) is 5.92 Å². The highest BCUT2D eigenvalue weighted by Crippen LogP contribution is 2.43. The molecular weight excluding hydrogens is 475 g/mol. The largest absolute Gasteiger partial charge is 0.256 e. The number of thiophene rings is 2. The van der Waals surface area contributed by atoms with Gasteiger partial charge in [0.25, 0.3) is 0 Å². The molecule has 0 aliphatic carbocycles. The molecule has 3 heteroatoms. The average Bonchev–Trinajstić information content (AvgIpc) is 3.46. The summed E-state index contributed by atoms with van der Waals surface area (Å²) in [5, 5.41) is 7.52. The Morgan fingerprint density at radius 2 is 1.67 bits per heavy atom. The van der Waals surface area contributed by atoms with E-state index < -0.39 is 0 Å². The van der Waals surface area contributed by atoms with Gasteiger partial charge in [0.1, 0.15) is 0 Å². The van der Waals surface area contributed by atoms with Crippen LogP contribution in [0.4, 0.5) is 0 Å². The van der Waals surface area contributed by atoms with Crippen molar-refractivity contribution >= 4 is 53.6 Å². The van der Waals surface area contributed by atoms with Gasteiger partial charge >= 0.3 is 0 Å². The SMILES string of the molecule is CC(C)Cc1ccc2c(-c3cc4c(-c5cc(C(C)(C)C)c6ccccc6c5)nccc4s3)csc2c1. The third kappa shape index (κ3) is 4.15. The number of hydrogen-bond acceptors (Lipinski definition) is 3. The van der Waals surface area contributed by atoms with Crippen molar-refractivity contribution in [3.8, 4) is 21.7 Å². The van der Waals surface area contributed by atoms with E-state index in [-0.39, 0.29) is 5.41 Å². The molecule has 3 aromatic carbocycles. The molecule has 3 heterocycles. The predicted molar refractivity (Wildman–Crippen MR) is 161 cm³/mol. The maximum Gasteiger partial charge on any atom is 0.0789 e. The lowest BCUT2D eigenvalue weighted by molar-refractivity contribution is 0.596. The minimum Gasteiger partial charge on any atom is -0.256 e. The van der Waals surface area contributed by atoms with E-state index >= 15 is 0 Å². The van der Waals surface area contributed by atoms with Gasteiger partial charge in [-0.3, -0.25) is 4.98 Å². The topological polar surface area (TPSA) is 12.9 Å². The molecule has 1 nitrogen and oxygen atoms in total. The average molecular weight is 506 g/mol. The molecule has 0 bridgehead atoms. The van der Waals surface area contributed by atoms with Crippen molar-refractivity contribution in [2.45, 2.75) is 46.5 Å². The van der Waals surface area contributed by atoms with Crippen LogP contribution in [0.5, 0.6) is 0 Å². The van der Waals surface area contributed by atoms with E-state index in [4.69, 9.17) is 4.98 Å². The minimum atomic E-state index is 0.0489. The summed E-state index contributed by atoms with van der Waals surface area (Å²) < 4.78 is 2.67. The number of benzene rings is 3. The fourth-order valence-electron chi connectivity index (χ4n) is 5.26. The number of rotatable bonds is 4. The van der Waals surface area contributed by atoms with Gasteiger partial charge in [-0.25, -0.2) is 0 Å². The smallest absolute Gasteiger partial charge is 0.0789 e. The monoisotopic (exact) mass is 505 g/mol.